The second-order valence-corrected chi connectivity index (χ2v) is 6.43. The van der Waals surface area contributed by atoms with Gasteiger partial charge in [0.05, 0.1) is 29.6 Å². The number of carbonyl (C=O) groups is 1. The maximum atomic E-state index is 12.7. The fourth-order valence-corrected chi connectivity index (χ4v) is 4.16. The van der Waals surface area contributed by atoms with Crippen LogP contribution in [0.15, 0.2) is 24.0 Å². The highest BCUT2D eigenvalue weighted by atomic mass is 35.5. The zero-order valence-corrected chi connectivity index (χ0v) is 12.0. The van der Waals surface area contributed by atoms with Crippen molar-refractivity contribution in [3.63, 3.8) is 0 Å². The zero-order valence-electron chi connectivity index (χ0n) is 10.5. The molecule has 3 aliphatic rings. The van der Waals surface area contributed by atoms with Crippen LogP contribution >= 0.6 is 23.2 Å². The molecule has 2 fully saturated rings. The SMILES string of the molecule is O=C1C(c2cc(Cl)ccc2Cl)=C(O)[C@@H]2C3CCC(O3)[C@H]12. The molecule has 0 saturated carbocycles. The van der Waals surface area contributed by atoms with Gasteiger partial charge in [-0.3, -0.25) is 4.79 Å². The van der Waals surface area contributed by atoms with Crippen LogP contribution in [0.1, 0.15) is 18.4 Å². The van der Waals surface area contributed by atoms with Crippen LogP contribution in [0.3, 0.4) is 0 Å². The highest BCUT2D eigenvalue weighted by Crippen LogP contribution is 2.54. The first-order valence-electron chi connectivity index (χ1n) is 6.66. The second-order valence-electron chi connectivity index (χ2n) is 5.59. The maximum absolute atomic E-state index is 12.7. The number of carbonyl (C=O) groups excluding carboxylic acids is 1. The summed E-state index contributed by atoms with van der Waals surface area (Å²) in [5.74, 6) is -0.398. The summed E-state index contributed by atoms with van der Waals surface area (Å²) >= 11 is 12.1. The molecule has 104 valence electrons. The van der Waals surface area contributed by atoms with Gasteiger partial charge in [-0.1, -0.05) is 23.2 Å². The third-order valence-electron chi connectivity index (χ3n) is 4.59. The minimum absolute atomic E-state index is 0.0376. The van der Waals surface area contributed by atoms with Gasteiger partial charge in [0, 0.05) is 15.6 Å². The number of rotatable bonds is 1. The van der Waals surface area contributed by atoms with Crippen molar-refractivity contribution < 1.29 is 14.6 Å². The third-order valence-corrected chi connectivity index (χ3v) is 5.16. The van der Waals surface area contributed by atoms with E-state index in [1.165, 1.54) is 0 Å². The van der Waals surface area contributed by atoms with Gasteiger partial charge in [-0.15, -0.1) is 0 Å². The van der Waals surface area contributed by atoms with Crippen LogP contribution in [-0.2, 0) is 9.53 Å². The van der Waals surface area contributed by atoms with Crippen LogP contribution < -0.4 is 0 Å². The van der Waals surface area contributed by atoms with Gasteiger partial charge in [0.25, 0.3) is 0 Å². The fraction of sp³-hybridized carbons (Fsp3) is 0.400. The van der Waals surface area contributed by atoms with Crippen LogP contribution in [0.5, 0.6) is 0 Å². The molecule has 4 atom stereocenters. The Morgan fingerprint density at radius 1 is 1.15 bits per heavy atom. The van der Waals surface area contributed by atoms with Gasteiger partial charge in [0.2, 0.25) is 0 Å². The molecule has 2 heterocycles. The molecule has 0 radical (unpaired) electrons. The number of ether oxygens (including phenoxy) is 1. The Bertz CT molecular complexity index is 653. The van der Waals surface area contributed by atoms with E-state index in [9.17, 15) is 9.90 Å². The summed E-state index contributed by atoms with van der Waals surface area (Å²) in [6, 6.07) is 4.95. The Morgan fingerprint density at radius 3 is 2.55 bits per heavy atom. The van der Waals surface area contributed by atoms with Crippen LogP contribution in [0.2, 0.25) is 10.0 Å². The number of hydrogen-bond acceptors (Lipinski definition) is 3. The van der Waals surface area contributed by atoms with Crippen molar-refractivity contribution in [2.45, 2.75) is 25.0 Å². The van der Waals surface area contributed by atoms with Crippen LogP contribution in [0.25, 0.3) is 5.57 Å². The van der Waals surface area contributed by atoms with Gasteiger partial charge < -0.3 is 9.84 Å². The smallest absolute Gasteiger partial charge is 0.173 e. The number of halogens is 2. The van der Waals surface area contributed by atoms with Gasteiger partial charge in [0.15, 0.2) is 5.78 Å². The van der Waals surface area contributed by atoms with E-state index < -0.39 is 0 Å². The molecule has 0 spiro atoms. The van der Waals surface area contributed by atoms with Crippen molar-refractivity contribution in [1.29, 1.82) is 0 Å². The van der Waals surface area contributed by atoms with Crippen molar-refractivity contribution in [1.82, 2.24) is 0 Å². The van der Waals surface area contributed by atoms with Gasteiger partial charge >= 0.3 is 0 Å². The average molecular weight is 311 g/mol. The topological polar surface area (TPSA) is 46.5 Å². The van der Waals surface area contributed by atoms with Gasteiger partial charge in [-0.05, 0) is 31.0 Å². The van der Waals surface area contributed by atoms with Crippen molar-refractivity contribution in [3.05, 3.63) is 39.6 Å². The van der Waals surface area contributed by atoms with Gasteiger partial charge in [-0.2, -0.15) is 0 Å². The molecule has 20 heavy (non-hydrogen) atoms. The van der Waals surface area contributed by atoms with E-state index in [4.69, 9.17) is 27.9 Å². The summed E-state index contributed by atoms with van der Waals surface area (Å²) < 4.78 is 5.74. The number of allylic oxidation sites excluding steroid dienone is 1. The van der Waals surface area contributed by atoms with Gasteiger partial charge in [-0.25, -0.2) is 0 Å². The number of aliphatic hydroxyl groups is 1. The lowest BCUT2D eigenvalue weighted by Crippen LogP contribution is -2.29. The molecule has 3 nitrogen and oxygen atoms in total. The Morgan fingerprint density at radius 2 is 1.85 bits per heavy atom. The molecule has 2 saturated heterocycles. The summed E-state index contributed by atoms with van der Waals surface area (Å²) in [5.41, 5.74) is 0.850. The summed E-state index contributed by atoms with van der Waals surface area (Å²) in [6.45, 7) is 0. The molecule has 2 unspecified atom stereocenters. The van der Waals surface area contributed by atoms with E-state index in [0.29, 0.717) is 21.2 Å². The zero-order chi connectivity index (χ0) is 14.0. The first-order valence-corrected chi connectivity index (χ1v) is 7.41. The molecule has 1 aromatic rings. The summed E-state index contributed by atoms with van der Waals surface area (Å²) in [5, 5.41) is 11.4. The molecular weight excluding hydrogens is 299 g/mol. The lowest BCUT2D eigenvalue weighted by Gasteiger charge is -2.19. The average Bonchev–Trinajstić information content (AvgIpc) is 3.08. The maximum Gasteiger partial charge on any atom is 0.173 e. The molecular formula is C15H12Cl2O3. The molecule has 1 aromatic carbocycles. The quantitative estimate of drug-likeness (QED) is 0.861. The largest absolute Gasteiger partial charge is 0.511 e. The Labute approximate surface area is 126 Å². The number of Topliss-reactive ketones (excluding diaryl/α,β-unsaturated/α-hetero) is 1. The number of fused-ring (bicyclic) bond motifs is 5. The van der Waals surface area contributed by atoms with Crippen LogP contribution in [-0.4, -0.2) is 23.1 Å². The molecule has 5 heteroatoms. The first kappa shape index (κ1) is 12.7. The molecule has 0 aromatic heterocycles. The summed E-state index contributed by atoms with van der Waals surface area (Å²) in [7, 11) is 0. The highest BCUT2D eigenvalue weighted by molar-refractivity contribution is 6.37. The number of benzene rings is 1. The van der Waals surface area contributed by atoms with E-state index in [0.717, 1.165) is 12.8 Å². The predicted octanol–water partition coefficient (Wildman–Crippen LogP) is 3.64. The van der Waals surface area contributed by atoms with E-state index in [2.05, 4.69) is 0 Å². The fourth-order valence-electron chi connectivity index (χ4n) is 3.78. The third kappa shape index (κ3) is 1.54. The lowest BCUT2D eigenvalue weighted by atomic mass is 9.80. The number of ketones is 1. The van der Waals surface area contributed by atoms with Crippen molar-refractivity contribution in [3.8, 4) is 0 Å². The lowest BCUT2D eigenvalue weighted by molar-refractivity contribution is -0.118. The monoisotopic (exact) mass is 310 g/mol. The van der Waals surface area contributed by atoms with E-state index in [1.807, 2.05) is 0 Å². The van der Waals surface area contributed by atoms with Crippen molar-refractivity contribution in [2.75, 3.05) is 0 Å². The van der Waals surface area contributed by atoms with Gasteiger partial charge in [0.1, 0.15) is 5.76 Å². The van der Waals surface area contributed by atoms with E-state index >= 15 is 0 Å². The van der Waals surface area contributed by atoms with Crippen LogP contribution in [0, 0.1) is 11.8 Å². The van der Waals surface area contributed by atoms with Crippen molar-refractivity contribution in [2.24, 2.45) is 11.8 Å². The molecule has 2 bridgehead atoms. The van der Waals surface area contributed by atoms with Crippen molar-refractivity contribution >= 4 is 34.6 Å². The van der Waals surface area contributed by atoms with E-state index in [-0.39, 0.29) is 35.6 Å². The predicted molar refractivity (Wildman–Crippen MR) is 75.9 cm³/mol. The normalized spacial score (nSPS) is 35.0. The molecule has 1 N–H and O–H groups in total. The Balaban J connectivity index is 1.86. The second kappa shape index (κ2) is 4.23. The van der Waals surface area contributed by atoms with Crippen LogP contribution in [0.4, 0.5) is 0 Å². The summed E-state index contributed by atoms with van der Waals surface area (Å²) in [4.78, 5) is 12.7. The first-order chi connectivity index (χ1) is 9.58. The highest BCUT2D eigenvalue weighted by Gasteiger charge is 2.59. The minimum atomic E-state index is -0.251. The number of aliphatic hydroxyl groups excluding tert-OH is 1. The molecule has 0 amide bonds. The summed E-state index contributed by atoms with van der Waals surface area (Å²) in [6.07, 6.45) is 1.70. The molecule has 2 aliphatic heterocycles. The Kier molecular flexibility index (Phi) is 2.69. The molecule has 4 rings (SSSR count). The number of hydrogen-bond donors (Lipinski definition) is 1. The minimum Gasteiger partial charge on any atom is -0.511 e. The Hall–Kier alpha value is -1.03. The molecule has 1 aliphatic carbocycles. The van der Waals surface area contributed by atoms with E-state index in [1.54, 1.807) is 18.2 Å². The standard InChI is InChI=1S/C15H12Cl2O3/c16-6-1-2-8(17)7(5-6)11-14(18)12-9-3-4-10(20-9)13(12)15(11)19/h1-2,5,9-10,12-13,18H,3-4H2/t9?,10?,12-,13+/m1/s1.